The minimum atomic E-state index is -0.301. The number of aromatic nitrogens is 1. The number of nitrogens with zero attached hydrogens (tertiary/aromatic N) is 1. The van der Waals surface area contributed by atoms with E-state index in [1.54, 1.807) is 0 Å². The van der Waals surface area contributed by atoms with E-state index in [-0.39, 0.29) is 6.10 Å². The van der Waals surface area contributed by atoms with E-state index in [9.17, 15) is 5.11 Å². The predicted molar refractivity (Wildman–Crippen MR) is 58.4 cm³/mol. The lowest BCUT2D eigenvalue weighted by molar-refractivity contribution is 0.174. The van der Waals surface area contributed by atoms with Crippen molar-refractivity contribution in [1.82, 2.24) is 4.57 Å². The molecule has 2 nitrogen and oxygen atoms in total. The highest BCUT2D eigenvalue weighted by Gasteiger charge is 2.06. The number of benzene rings is 1. The summed E-state index contributed by atoms with van der Waals surface area (Å²) in [4.78, 5) is 0. The van der Waals surface area contributed by atoms with Crippen LogP contribution in [0.25, 0.3) is 10.9 Å². The van der Waals surface area contributed by atoms with Gasteiger partial charge in [0.15, 0.2) is 0 Å². The maximum absolute atomic E-state index is 9.39. The highest BCUT2D eigenvalue weighted by Crippen LogP contribution is 2.19. The number of aliphatic hydroxyl groups is 1. The molecule has 1 unspecified atom stereocenters. The predicted octanol–water partition coefficient (Wildman–Crippen LogP) is 2.33. The van der Waals surface area contributed by atoms with E-state index >= 15 is 0 Å². The summed E-state index contributed by atoms with van der Waals surface area (Å²) >= 11 is 0. The Morgan fingerprint density at radius 2 is 2.07 bits per heavy atom. The highest BCUT2D eigenvalue weighted by atomic mass is 16.3. The fraction of sp³-hybridized carbons (Fsp3) is 0.333. The summed E-state index contributed by atoms with van der Waals surface area (Å²) < 4.78 is 2.15. The van der Waals surface area contributed by atoms with E-state index < -0.39 is 0 Å². The van der Waals surface area contributed by atoms with Crippen LogP contribution < -0.4 is 0 Å². The number of rotatable bonds is 2. The van der Waals surface area contributed by atoms with E-state index in [4.69, 9.17) is 0 Å². The molecule has 0 aliphatic rings. The molecule has 0 saturated carbocycles. The smallest absolute Gasteiger partial charge is 0.0691 e. The zero-order chi connectivity index (χ0) is 10.1. The summed E-state index contributed by atoms with van der Waals surface area (Å²) in [5, 5.41) is 10.6. The molecule has 1 heterocycles. The molecule has 1 aromatic carbocycles. The molecule has 74 valence electrons. The van der Waals surface area contributed by atoms with E-state index in [2.05, 4.69) is 29.7 Å². The van der Waals surface area contributed by atoms with Gasteiger partial charge in [-0.25, -0.2) is 0 Å². The van der Waals surface area contributed by atoms with Gasteiger partial charge in [-0.3, -0.25) is 0 Å². The topological polar surface area (TPSA) is 25.2 Å². The van der Waals surface area contributed by atoms with Crippen LogP contribution in [-0.2, 0) is 6.54 Å². The summed E-state index contributed by atoms with van der Waals surface area (Å²) in [6, 6.07) is 10.4. The van der Waals surface area contributed by atoms with Crippen LogP contribution in [-0.4, -0.2) is 15.8 Å². The van der Waals surface area contributed by atoms with Crippen LogP contribution in [0.4, 0.5) is 0 Å². The number of hydrogen-bond donors (Lipinski definition) is 1. The summed E-state index contributed by atoms with van der Waals surface area (Å²) in [6.45, 7) is 4.55. The molecule has 1 aromatic heterocycles. The Labute approximate surface area is 83.8 Å². The van der Waals surface area contributed by atoms with Crippen molar-refractivity contribution in [3.8, 4) is 0 Å². The largest absolute Gasteiger partial charge is 0.392 e. The molecule has 2 heteroatoms. The van der Waals surface area contributed by atoms with Crippen LogP contribution in [0.15, 0.2) is 30.3 Å². The Morgan fingerprint density at radius 1 is 1.36 bits per heavy atom. The molecule has 0 radical (unpaired) electrons. The lowest BCUT2D eigenvalue weighted by Gasteiger charge is -2.09. The number of hydrogen-bond acceptors (Lipinski definition) is 1. The second kappa shape index (κ2) is 3.46. The van der Waals surface area contributed by atoms with Gasteiger partial charge in [-0.15, -0.1) is 0 Å². The second-order valence-electron chi connectivity index (χ2n) is 3.80. The molecule has 0 saturated heterocycles. The van der Waals surface area contributed by atoms with Crippen molar-refractivity contribution in [2.45, 2.75) is 26.5 Å². The summed E-state index contributed by atoms with van der Waals surface area (Å²) in [6.07, 6.45) is -0.301. The van der Waals surface area contributed by atoms with Gasteiger partial charge in [0.1, 0.15) is 0 Å². The molecule has 0 spiro atoms. The fourth-order valence-electron chi connectivity index (χ4n) is 1.85. The molecule has 2 aromatic rings. The lowest BCUT2D eigenvalue weighted by atomic mass is 10.2. The Bertz CT molecular complexity index is 443. The third-order valence-electron chi connectivity index (χ3n) is 2.46. The monoisotopic (exact) mass is 189 g/mol. The lowest BCUT2D eigenvalue weighted by Crippen LogP contribution is -2.12. The average Bonchev–Trinajstić information content (AvgIpc) is 2.43. The first kappa shape index (κ1) is 9.28. The molecule has 0 amide bonds. The molecule has 0 bridgehead atoms. The number of aliphatic hydroxyl groups excluding tert-OH is 1. The molecule has 0 fully saturated rings. The number of aryl methyl sites for hydroxylation is 1. The van der Waals surface area contributed by atoms with E-state index in [1.807, 2.05) is 19.1 Å². The van der Waals surface area contributed by atoms with Gasteiger partial charge in [-0.1, -0.05) is 18.2 Å². The van der Waals surface area contributed by atoms with Gasteiger partial charge in [-0.05, 0) is 31.4 Å². The van der Waals surface area contributed by atoms with Gasteiger partial charge < -0.3 is 9.67 Å². The molecular weight excluding hydrogens is 174 g/mol. The van der Waals surface area contributed by atoms with Crippen molar-refractivity contribution in [2.24, 2.45) is 0 Å². The number of para-hydroxylation sites is 1. The summed E-state index contributed by atoms with van der Waals surface area (Å²) in [5.74, 6) is 0. The van der Waals surface area contributed by atoms with Crippen LogP contribution in [0.3, 0.4) is 0 Å². The van der Waals surface area contributed by atoms with Crippen LogP contribution >= 0.6 is 0 Å². The SMILES string of the molecule is Cc1cc2ccccc2n1CC(C)O. The van der Waals surface area contributed by atoms with Gasteiger partial charge in [0.25, 0.3) is 0 Å². The van der Waals surface area contributed by atoms with Gasteiger partial charge in [-0.2, -0.15) is 0 Å². The van der Waals surface area contributed by atoms with Crippen LogP contribution in [0.1, 0.15) is 12.6 Å². The zero-order valence-corrected chi connectivity index (χ0v) is 8.57. The molecule has 0 aliphatic heterocycles. The minimum absolute atomic E-state index is 0.301. The van der Waals surface area contributed by atoms with Crippen molar-refractivity contribution in [3.63, 3.8) is 0 Å². The van der Waals surface area contributed by atoms with E-state index in [1.165, 1.54) is 16.6 Å². The molecule has 0 aliphatic carbocycles. The first-order valence-electron chi connectivity index (χ1n) is 4.91. The van der Waals surface area contributed by atoms with Crippen molar-refractivity contribution in [1.29, 1.82) is 0 Å². The van der Waals surface area contributed by atoms with Crippen molar-refractivity contribution in [2.75, 3.05) is 0 Å². The van der Waals surface area contributed by atoms with E-state index in [0.29, 0.717) is 6.54 Å². The van der Waals surface area contributed by atoms with Gasteiger partial charge in [0, 0.05) is 17.8 Å². The van der Waals surface area contributed by atoms with Crippen LogP contribution in [0.5, 0.6) is 0 Å². The maximum atomic E-state index is 9.39. The Morgan fingerprint density at radius 3 is 2.79 bits per heavy atom. The quantitative estimate of drug-likeness (QED) is 0.770. The molecular formula is C12H15NO. The third kappa shape index (κ3) is 1.53. The zero-order valence-electron chi connectivity index (χ0n) is 8.57. The fourth-order valence-corrected chi connectivity index (χ4v) is 1.85. The van der Waals surface area contributed by atoms with Crippen LogP contribution in [0, 0.1) is 6.92 Å². The van der Waals surface area contributed by atoms with Crippen molar-refractivity contribution < 1.29 is 5.11 Å². The number of fused-ring (bicyclic) bond motifs is 1. The normalized spacial score (nSPS) is 13.4. The molecule has 1 atom stereocenters. The maximum Gasteiger partial charge on any atom is 0.0691 e. The third-order valence-corrected chi connectivity index (χ3v) is 2.46. The van der Waals surface area contributed by atoms with Crippen molar-refractivity contribution >= 4 is 10.9 Å². The first-order chi connectivity index (χ1) is 6.68. The Kier molecular flexibility index (Phi) is 2.30. The van der Waals surface area contributed by atoms with Gasteiger partial charge >= 0.3 is 0 Å². The van der Waals surface area contributed by atoms with Gasteiger partial charge in [0.05, 0.1) is 6.10 Å². The van der Waals surface area contributed by atoms with Gasteiger partial charge in [0.2, 0.25) is 0 Å². The van der Waals surface area contributed by atoms with Crippen LogP contribution in [0.2, 0.25) is 0 Å². The second-order valence-corrected chi connectivity index (χ2v) is 3.80. The molecule has 1 N–H and O–H groups in total. The van der Waals surface area contributed by atoms with E-state index in [0.717, 1.165) is 0 Å². The Hall–Kier alpha value is -1.28. The minimum Gasteiger partial charge on any atom is -0.392 e. The molecule has 14 heavy (non-hydrogen) atoms. The first-order valence-corrected chi connectivity index (χ1v) is 4.91. The highest BCUT2D eigenvalue weighted by molar-refractivity contribution is 5.81. The summed E-state index contributed by atoms with van der Waals surface area (Å²) in [5.41, 5.74) is 2.40. The van der Waals surface area contributed by atoms with Crippen molar-refractivity contribution in [3.05, 3.63) is 36.0 Å². The standard InChI is InChI=1S/C12H15NO/c1-9-7-11-5-3-4-6-12(11)13(9)8-10(2)14/h3-7,10,14H,8H2,1-2H3. The molecule has 2 rings (SSSR count). The summed E-state index contributed by atoms with van der Waals surface area (Å²) in [7, 11) is 0. The average molecular weight is 189 g/mol. The Balaban J connectivity index is 2.56.